The summed E-state index contributed by atoms with van der Waals surface area (Å²) in [7, 11) is 0. The molecule has 31 heavy (non-hydrogen) atoms. The SMILES string of the molecule is CCCCCC1CCC(C2CCC(c3ccc(OC(=O)CCO)c(CC)c3)CC2)CC1. The van der Waals surface area contributed by atoms with Crippen LogP contribution in [0.4, 0.5) is 0 Å². The molecular formula is C28H44O3. The number of aryl methyl sites for hydroxylation is 1. The monoisotopic (exact) mass is 428 g/mol. The number of unbranched alkanes of at least 4 members (excludes halogenated alkanes) is 2. The molecule has 1 aromatic carbocycles. The normalized spacial score (nSPS) is 26.5. The van der Waals surface area contributed by atoms with Gasteiger partial charge in [-0.05, 0) is 85.8 Å². The van der Waals surface area contributed by atoms with Crippen molar-refractivity contribution in [2.75, 3.05) is 6.61 Å². The number of benzene rings is 1. The molecule has 2 saturated carbocycles. The van der Waals surface area contributed by atoms with Gasteiger partial charge in [-0.15, -0.1) is 0 Å². The fraction of sp³-hybridized carbons (Fsp3) is 0.750. The quantitative estimate of drug-likeness (QED) is 0.243. The van der Waals surface area contributed by atoms with E-state index in [1.807, 2.05) is 6.07 Å². The molecule has 1 N–H and O–H groups in total. The van der Waals surface area contributed by atoms with Crippen LogP contribution in [0.3, 0.4) is 0 Å². The Balaban J connectivity index is 1.48. The summed E-state index contributed by atoms with van der Waals surface area (Å²) >= 11 is 0. The van der Waals surface area contributed by atoms with E-state index in [-0.39, 0.29) is 19.0 Å². The Hall–Kier alpha value is -1.35. The molecule has 174 valence electrons. The van der Waals surface area contributed by atoms with Gasteiger partial charge in [0.2, 0.25) is 0 Å². The molecule has 0 aliphatic heterocycles. The van der Waals surface area contributed by atoms with Crippen LogP contribution in [0.15, 0.2) is 18.2 Å². The van der Waals surface area contributed by atoms with Gasteiger partial charge in [0.05, 0.1) is 13.0 Å². The summed E-state index contributed by atoms with van der Waals surface area (Å²) in [6.45, 7) is 4.25. The highest BCUT2D eigenvalue weighted by molar-refractivity contribution is 5.72. The second-order valence-corrected chi connectivity index (χ2v) is 10.1. The fourth-order valence-corrected chi connectivity index (χ4v) is 6.05. The highest BCUT2D eigenvalue weighted by atomic mass is 16.5. The molecule has 0 bridgehead atoms. The largest absolute Gasteiger partial charge is 0.426 e. The van der Waals surface area contributed by atoms with E-state index in [0.717, 1.165) is 29.7 Å². The van der Waals surface area contributed by atoms with Crippen molar-refractivity contribution in [2.45, 2.75) is 110 Å². The minimum atomic E-state index is -0.356. The maximum absolute atomic E-state index is 11.8. The van der Waals surface area contributed by atoms with E-state index < -0.39 is 0 Å². The van der Waals surface area contributed by atoms with Gasteiger partial charge in [0.1, 0.15) is 5.75 Å². The lowest BCUT2D eigenvalue weighted by Gasteiger charge is -2.38. The molecule has 3 rings (SSSR count). The Bertz CT molecular complexity index is 667. The van der Waals surface area contributed by atoms with E-state index in [4.69, 9.17) is 9.84 Å². The molecule has 0 atom stereocenters. The molecule has 2 fully saturated rings. The predicted octanol–water partition coefficient (Wildman–Crippen LogP) is 7.20. The molecule has 0 aromatic heterocycles. The third-order valence-electron chi connectivity index (χ3n) is 8.02. The van der Waals surface area contributed by atoms with Crippen LogP contribution < -0.4 is 4.74 Å². The lowest BCUT2D eigenvalue weighted by Crippen LogP contribution is -2.25. The molecule has 1 aromatic rings. The Morgan fingerprint density at radius 3 is 2.26 bits per heavy atom. The van der Waals surface area contributed by atoms with Gasteiger partial charge in [-0.3, -0.25) is 4.79 Å². The molecule has 0 amide bonds. The summed E-state index contributed by atoms with van der Waals surface area (Å²) in [5, 5.41) is 8.93. The highest BCUT2D eigenvalue weighted by Crippen LogP contribution is 2.45. The number of hydrogen-bond donors (Lipinski definition) is 1. The molecule has 2 aliphatic carbocycles. The van der Waals surface area contributed by atoms with E-state index in [2.05, 4.69) is 26.0 Å². The van der Waals surface area contributed by atoms with Crippen molar-refractivity contribution in [1.82, 2.24) is 0 Å². The zero-order valence-electron chi connectivity index (χ0n) is 19.9. The van der Waals surface area contributed by atoms with Crippen molar-refractivity contribution < 1.29 is 14.6 Å². The van der Waals surface area contributed by atoms with E-state index in [0.29, 0.717) is 11.7 Å². The first kappa shape index (κ1) is 24.3. The number of esters is 1. The van der Waals surface area contributed by atoms with Gasteiger partial charge in [0.15, 0.2) is 0 Å². The van der Waals surface area contributed by atoms with Crippen LogP contribution in [0.25, 0.3) is 0 Å². The fourth-order valence-electron chi connectivity index (χ4n) is 6.05. The molecule has 3 heteroatoms. The van der Waals surface area contributed by atoms with Gasteiger partial charge >= 0.3 is 5.97 Å². The molecule has 3 nitrogen and oxygen atoms in total. The van der Waals surface area contributed by atoms with Crippen molar-refractivity contribution in [3.05, 3.63) is 29.3 Å². The van der Waals surface area contributed by atoms with Gasteiger partial charge in [-0.2, -0.15) is 0 Å². The number of rotatable bonds is 10. The average molecular weight is 429 g/mol. The van der Waals surface area contributed by atoms with Gasteiger partial charge in [-0.1, -0.05) is 64.5 Å². The molecule has 0 radical (unpaired) electrons. The van der Waals surface area contributed by atoms with Gasteiger partial charge in [0, 0.05) is 0 Å². The Morgan fingerprint density at radius 2 is 1.65 bits per heavy atom. The van der Waals surface area contributed by atoms with Crippen LogP contribution >= 0.6 is 0 Å². The first-order valence-corrected chi connectivity index (χ1v) is 13.1. The summed E-state index contributed by atoms with van der Waals surface area (Å²) in [4.78, 5) is 11.8. The summed E-state index contributed by atoms with van der Waals surface area (Å²) in [6.07, 6.45) is 17.8. The zero-order valence-corrected chi connectivity index (χ0v) is 19.9. The number of carbonyl (C=O) groups excluding carboxylic acids is 1. The van der Waals surface area contributed by atoms with E-state index >= 15 is 0 Å². The third-order valence-corrected chi connectivity index (χ3v) is 8.02. The van der Waals surface area contributed by atoms with Crippen LogP contribution in [-0.2, 0) is 11.2 Å². The van der Waals surface area contributed by atoms with Crippen molar-refractivity contribution in [2.24, 2.45) is 17.8 Å². The van der Waals surface area contributed by atoms with Crippen LogP contribution in [0.2, 0.25) is 0 Å². The Morgan fingerprint density at radius 1 is 0.968 bits per heavy atom. The first-order chi connectivity index (χ1) is 15.1. The van der Waals surface area contributed by atoms with Crippen molar-refractivity contribution in [3.8, 4) is 5.75 Å². The minimum Gasteiger partial charge on any atom is -0.426 e. The maximum atomic E-state index is 11.8. The number of aliphatic hydroxyl groups is 1. The van der Waals surface area contributed by atoms with E-state index in [9.17, 15) is 4.79 Å². The molecular weight excluding hydrogens is 384 g/mol. The second kappa shape index (κ2) is 12.6. The average Bonchev–Trinajstić information content (AvgIpc) is 2.80. The van der Waals surface area contributed by atoms with Crippen LogP contribution in [0.1, 0.15) is 114 Å². The lowest BCUT2D eigenvalue weighted by molar-refractivity contribution is -0.135. The summed E-state index contributed by atoms with van der Waals surface area (Å²) in [5.74, 6) is 3.88. The molecule has 0 unspecified atom stereocenters. The van der Waals surface area contributed by atoms with Crippen LogP contribution in [-0.4, -0.2) is 17.7 Å². The summed E-state index contributed by atoms with van der Waals surface area (Å²) < 4.78 is 5.46. The molecule has 0 heterocycles. The standard InChI is InChI=1S/C28H44O3/c1-3-5-6-7-21-8-10-23(11-9-21)24-12-14-25(15-13-24)26-16-17-27(22(4-2)20-26)31-28(30)18-19-29/h16-17,20-21,23-25,29H,3-15,18-19H2,1-2H3. The van der Waals surface area contributed by atoms with E-state index in [1.165, 1.54) is 82.6 Å². The summed E-state index contributed by atoms with van der Waals surface area (Å²) in [5.41, 5.74) is 2.52. The molecule has 0 spiro atoms. The number of aliphatic hydroxyl groups excluding tert-OH is 1. The minimum absolute atomic E-state index is 0.0512. The molecule has 0 saturated heterocycles. The summed E-state index contributed by atoms with van der Waals surface area (Å²) in [6, 6.07) is 6.39. The zero-order chi connectivity index (χ0) is 22.1. The van der Waals surface area contributed by atoms with Crippen LogP contribution in [0.5, 0.6) is 5.75 Å². The Labute approximate surface area is 190 Å². The topological polar surface area (TPSA) is 46.5 Å². The van der Waals surface area contributed by atoms with Gasteiger partial charge in [0.25, 0.3) is 0 Å². The predicted molar refractivity (Wildman–Crippen MR) is 127 cm³/mol. The van der Waals surface area contributed by atoms with Crippen molar-refractivity contribution in [3.63, 3.8) is 0 Å². The van der Waals surface area contributed by atoms with Crippen molar-refractivity contribution in [1.29, 1.82) is 0 Å². The third kappa shape index (κ3) is 7.07. The number of ether oxygens (including phenoxy) is 1. The second-order valence-electron chi connectivity index (χ2n) is 10.1. The number of hydrogen-bond acceptors (Lipinski definition) is 3. The molecule has 2 aliphatic rings. The highest BCUT2D eigenvalue weighted by Gasteiger charge is 2.31. The lowest BCUT2D eigenvalue weighted by atomic mass is 9.68. The van der Waals surface area contributed by atoms with Gasteiger partial charge in [-0.25, -0.2) is 0 Å². The smallest absolute Gasteiger partial charge is 0.313 e. The maximum Gasteiger partial charge on any atom is 0.313 e. The number of carbonyl (C=O) groups is 1. The van der Waals surface area contributed by atoms with Crippen molar-refractivity contribution >= 4 is 5.97 Å². The van der Waals surface area contributed by atoms with E-state index in [1.54, 1.807) is 0 Å². The Kier molecular flexibility index (Phi) is 9.90. The van der Waals surface area contributed by atoms with Gasteiger partial charge < -0.3 is 9.84 Å². The first-order valence-electron chi connectivity index (χ1n) is 13.1. The van der Waals surface area contributed by atoms with Crippen LogP contribution in [0, 0.1) is 17.8 Å².